The highest BCUT2D eigenvalue weighted by molar-refractivity contribution is 7.12. The van der Waals surface area contributed by atoms with Gasteiger partial charge in [0, 0.05) is 15.7 Å². The fourth-order valence-corrected chi connectivity index (χ4v) is 2.74. The molecule has 0 aromatic carbocycles. The molecule has 2 rings (SSSR count). The van der Waals surface area contributed by atoms with Crippen molar-refractivity contribution in [3.63, 3.8) is 0 Å². The van der Waals surface area contributed by atoms with Gasteiger partial charge in [0.2, 0.25) is 0 Å². The van der Waals surface area contributed by atoms with Gasteiger partial charge >= 0.3 is 0 Å². The molecule has 0 saturated heterocycles. The molecule has 1 aliphatic carbocycles. The lowest BCUT2D eigenvalue weighted by molar-refractivity contribution is 0.0677. The van der Waals surface area contributed by atoms with Crippen LogP contribution >= 0.6 is 11.3 Å². The van der Waals surface area contributed by atoms with Gasteiger partial charge in [-0.05, 0) is 31.4 Å². The Morgan fingerprint density at radius 2 is 2.33 bits per heavy atom. The molecule has 2 heteroatoms. The van der Waals surface area contributed by atoms with Crippen molar-refractivity contribution in [2.75, 3.05) is 0 Å². The predicted molar refractivity (Wildman–Crippen MR) is 51.7 cm³/mol. The van der Waals surface area contributed by atoms with Gasteiger partial charge in [0.25, 0.3) is 0 Å². The van der Waals surface area contributed by atoms with Crippen LogP contribution in [0.2, 0.25) is 0 Å². The first-order valence-corrected chi connectivity index (χ1v) is 5.39. The van der Waals surface area contributed by atoms with E-state index in [-0.39, 0.29) is 6.10 Å². The zero-order valence-electron chi connectivity index (χ0n) is 7.29. The molecular formula is C10H14OS. The van der Waals surface area contributed by atoms with Gasteiger partial charge in [0.1, 0.15) is 0 Å². The molecule has 0 radical (unpaired) electrons. The maximum absolute atomic E-state index is 9.45. The molecule has 0 aliphatic heterocycles. The molecule has 0 bridgehead atoms. The first-order chi connectivity index (χ1) is 5.81. The molecular weight excluding hydrogens is 168 g/mol. The number of hydrogen-bond acceptors (Lipinski definition) is 2. The van der Waals surface area contributed by atoms with Crippen LogP contribution in [0, 0.1) is 0 Å². The average Bonchev–Trinajstić information content (AvgIpc) is 2.50. The van der Waals surface area contributed by atoms with E-state index < -0.39 is 0 Å². The molecule has 1 fully saturated rings. The second kappa shape index (κ2) is 3.19. The Morgan fingerprint density at radius 3 is 2.75 bits per heavy atom. The smallest absolute Gasteiger partial charge is 0.0616 e. The number of thiophene rings is 1. The van der Waals surface area contributed by atoms with Crippen molar-refractivity contribution in [2.45, 2.75) is 38.2 Å². The number of aryl methyl sites for hydroxylation is 1. The maximum Gasteiger partial charge on any atom is 0.0616 e. The molecule has 12 heavy (non-hydrogen) atoms. The summed E-state index contributed by atoms with van der Waals surface area (Å²) >= 11 is 1.86. The fourth-order valence-electron chi connectivity index (χ4n) is 1.60. The molecule has 0 amide bonds. The number of aliphatic hydroxyl groups excluding tert-OH is 1. The van der Waals surface area contributed by atoms with Crippen molar-refractivity contribution in [3.05, 3.63) is 21.9 Å². The lowest BCUT2D eigenvalue weighted by Crippen LogP contribution is -2.27. The van der Waals surface area contributed by atoms with E-state index in [1.807, 2.05) is 11.3 Å². The van der Waals surface area contributed by atoms with Crippen LogP contribution in [0.25, 0.3) is 0 Å². The summed E-state index contributed by atoms with van der Waals surface area (Å²) in [4.78, 5) is 2.81. The average molecular weight is 182 g/mol. The fraction of sp³-hybridized carbons (Fsp3) is 0.600. The van der Waals surface area contributed by atoms with Gasteiger partial charge in [-0.1, -0.05) is 6.92 Å². The van der Waals surface area contributed by atoms with E-state index in [0.717, 1.165) is 12.8 Å². The third-order valence-electron chi connectivity index (χ3n) is 2.63. The third kappa shape index (κ3) is 1.29. The van der Waals surface area contributed by atoms with Crippen molar-refractivity contribution < 1.29 is 5.11 Å². The van der Waals surface area contributed by atoms with E-state index in [9.17, 15) is 5.11 Å². The van der Waals surface area contributed by atoms with Gasteiger partial charge in [-0.3, -0.25) is 0 Å². The first-order valence-electron chi connectivity index (χ1n) is 4.58. The topological polar surface area (TPSA) is 20.2 Å². The summed E-state index contributed by atoms with van der Waals surface area (Å²) in [6, 6.07) is 4.36. The summed E-state index contributed by atoms with van der Waals surface area (Å²) in [5.41, 5.74) is 0. The molecule has 1 saturated carbocycles. The molecule has 1 heterocycles. The van der Waals surface area contributed by atoms with Crippen molar-refractivity contribution >= 4 is 11.3 Å². The summed E-state index contributed by atoms with van der Waals surface area (Å²) in [6.45, 7) is 2.17. The Hall–Kier alpha value is -0.340. The van der Waals surface area contributed by atoms with Gasteiger partial charge < -0.3 is 5.11 Å². The maximum atomic E-state index is 9.45. The third-order valence-corrected chi connectivity index (χ3v) is 4.00. The van der Waals surface area contributed by atoms with Crippen molar-refractivity contribution in [2.24, 2.45) is 0 Å². The zero-order valence-corrected chi connectivity index (χ0v) is 8.10. The molecule has 66 valence electrons. The molecule has 1 aliphatic rings. The highest BCUT2D eigenvalue weighted by Gasteiger charge is 2.30. The zero-order chi connectivity index (χ0) is 8.55. The highest BCUT2D eigenvalue weighted by Crippen LogP contribution is 2.39. The summed E-state index contributed by atoms with van der Waals surface area (Å²) in [5.74, 6) is 0.454. The Kier molecular flexibility index (Phi) is 2.20. The number of rotatable bonds is 2. The highest BCUT2D eigenvalue weighted by atomic mass is 32.1. The number of aliphatic hydroxyl groups is 1. The molecule has 1 N–H and O–H groups in total. The second-order valence-electron chi connectivity index (χ2n) is 3.41. The largest absolute Gasteiger partial charge is 0.392 e. The summed E-state index contributed by atoms with van der Waals surface area (Å²) in [7, 11) is 0. The van der Waals surface area contributed by atoms with E-state index in [1.165, 1.54) is 16.2 Å². The lowest BCUT2D eigenvalue weighted by atomic mass is 9.81. The van der Waals surface area contributed by atoms with Gasteiger partial charge in [0.15, 0.2) is 0 Å². The molecule has 0 spiro atoms. The lowest BCUT2D eigenvalue weighted by Gasteiger charge is -2.31. The summed E-state index contributed by atoms with van der Waals surface area (Å²) in [6.07, 6.45) is 3.22. The van der Waals surface area contributed by atoms with Crippen LogP contribution in [0.4, 0.5) is 0 Å². The van der Waals surface area contributed by atoms with Gasteiger partial charge in [-0.2, -0.15) is 0 Å². The minimum Gasteiger partial charge on any atom is -0.392 e. The Morgan fingerprint density at radius 1 is 1.50 bits per heavy atom. The van der Waals surface area contributed by atoms with E-state index in [1.54, 1.807) is 0 Å². The van der Waals surface area contributed by atoms with Crippen LogP contribution in [-0.2, 0) is 6.42 Å². The van der Waals surface area contributed by atoms with E-state index in [0.29, 0.717) is 5.92 Å². The predicted octanol–water partition coefficient (Wildman–Crippen LogP) is 2.55. The monoisotopic (exact) mass is 182 g/mol. The Labute approximate surface area is 77.0 Å². The van der Waals surface area contributed by atoms with Crippen LogP contribution < -0.4 is 0 Å². The summed E-state index contributed by atoms with van der Waals surface area (Å²) < 4.78 is 0. The minimum absolute atomic E-state index is 0.0617. The second-order valence-corrected chi connectivity index (χ2v) is 4.61. The van der Waals surface area contributed by atoms with Gasteiger partial charge in [-0.25, -0.2) is 0 Å². The Balaban J connectivity index is 2.12. The van der Waals surface area contributed by atoms with E-state index in [2.05, 4.69) is 19.1 Å². The van der Waals surface area contributed by atoms with Crippen molar-refractivity contribution in [1.29, 1.82) is 0 Å². The molecule has 1 aromatic heterocycles. The van der Waals surface area contributed by atoms with E-state index in [4.69, 9.17) is 0 Å². The SMILES string of the molecule is CCc1ccc(C2CCC2O)s1. The van der Waals surface area contributed by atoms with E-state index >= 15 is 0 Å². The van der Waals surface area contributed by atoms with Crippen LogP contribution in [0.15, 0.2) is 12.1 Å². The van der Waals surface area contributed by atoms with Crippen molar-refractivity contribution in [3.8, 4) is 0 Å². The first kappa shape index (κ1) is 8.27. The van der Waals surface area contributed by atoms with Crippen LogP contribution in [-0.4, -0.2) is 11.2 Å². The molecule has 1 nitrogen and oxygen atoms in total. The van der Waals surface area contributed by atoms with Gasteiger partial charge in [-0.15, -0.1) is 11.3 Å². The normalized spacial score (nSPS) is 28.5. The van der Waals surface area contributed by atoms with Crippen LogP contribution in [0.3, 0.4) is 0 Å². The van der Waals surface area contributed by atoms with Crippen LogP contribution in [0.5, 0.6) is 0 Å². The molecule has 2 unspecified atom stereocenters. The van der Waals surface area contributed by atoms with Crippen molar-refractivity contribution in [1.82, 2.24) is 0 Å². The van der Waals surface area contributed by atoms with Gasteiger partial charge in [0.05, 0.1) is 6.10 Å². The molecule has 1 aromatic rings. The van der Waals surface area contributed by atoms with Crippen LogP contribution in [0.1, 0.15) is 35.4 Å². The minimum atomic E-state index is -0.0617. The summed E-state index contributed by atoms with van der Waals surface area (Å²) in [5, 5.41) is 9.45. The quantitative estimate of drug-likeness (QED) is 0.745. The Bertz CT molecular complexity index is 267. The number of hydrogen-bond donors (Lipinski definition) is 1. The standard InChI is InChI=1S/C10H14OS/c1-2-7-3-6-10(12-7)8-4-5-9(8)11/h3,6,8-9,11H,2,4-5H2,1H3. The molecule has 2 atom stereocenters.